The van der Waals surface area contributed by atoms with Crippen molar-refractivity contribution in [1.29, 1.82) is 0 Å². The van der Waals surface area contributed by atoms with E-state index >= 15 is 0 Å². The van der Waals surface area contributed by atoms with Crippen molar-refractivity contribution in [3.63, 3.8) is 0 Å². The normalized spacial score (nSPS) is 12.6. The number of thioether (sulfide) groups is 1. The molecule has 1 nitrogen and oxygen atoms in total. The number of hydrogen-bond donors (Lipinski definition) is 0. The van der Waals surface area contributed by atoms with E-state index in [0.717, 1.165) is 11.1 Å². The van der Waals surface area contributed by atoms with Crippen molar-refractivity contribution in [2.75, 3.05) is 0 Å². The van der Waals surface area contributed by atoms with Gasteiger partial charge in [-0.25, -0.2) is 0 Å². The fourth-order valence-electron chi connectivity index (χ4n) is 1.63. The predicted molar refractivity (Wildman–Crippen MR) is 78.1 cm³/mol. The molecule has 1 heterocycles. The quantitative estimate of drug-likeness (QED) is 0.653. The van der Waals surface area contributed by atoms with Gasteiger partial charge in [-0.3, -0.25) is 0 Å². The van der Waals surface area contributed by atoms with E-state index in [-0.39, 0.29) is 0 Å². The minimum Gasteiger partial charge on any atom is -0.480 e. The summed E-state index contributed by atoms with van der Waals surface area (Å²) in [6.07, 6.45) is 0.543. The van der Waals surface area contributed by atoms with Crippen molar-refractivity contribution in [1.82, 2.24) is 0 Å². The van der Waals surface area contributed by atoms with Crippen LogP contribution >= 0.6 is 23.1 Å². The lowest BCUT2D eigenvalue weighted by atomic mass is 10.1. The third-order valence-corrected chi connectivity index (χ3v) is 4.19. The summed E-state index contributed by atoms with van der Waals surface area (Å²) in [4.78, 5) is 0. The number of thiophene rings is 1. The Morgan fingerprint density at radius 1 is 1.16 bits per heavy atom. The van der Waals surface area contributed by atoms with Crippen LogP contribution in [0.3, 0.4) is 0 Å². The molecule has 0 spiro atoms. The molecule has 0 saturated carbocycles. The SMILES string of the molecule is CC[C@@H](Oc1ccc(-c2ccsc2)cc1)SC(F)F. The van der Waals surface area contributed by atoms with Crippen LogP contribution in [0.1, 0.15) is 13.3 Å². The van der Waals surface area contributed by atoms with Gasteiger partial charge in [0.15, 0.2) is 0 Å². The molecule has 0 aliphatic carbocycles. The van der Waals surface area contributed by atoms with Crippen LogP contribution in [0.4, 0.5) is 8.78 Å². The number of hydrogen-bond acceptors (Lipinski definition) is 3. The summed E-state index contributed by atoms with van der Waals surface area (Å²) in [5, 5.41) is 4.09. The van der Waals surface area contributed by atoms with E-state index in [2.05, 4.69) is 5.38 Å². The molecule has 0 aliphatic heterocycles. The van der Waals surface area contributed by atoms with Gasteiger partial charge in [0.25, 0.3) is 5.76 Å². The fraction of sp³-hybridized carbons (Fsp3) is 0.286. The van der Waals surface area contributed by atoms with Crippen LogP contribution in [0.2, 0.25) is 0 Å². The number of alkyl halides is 2. The molecule has 0 N–H and O–H groups in total. The summed E-state index contributed by atoms with van der Waals surface area (Å²) in [5.41, 5.74) is 1.75. The third-order valence-electron chi connectivity index (χ3n) is 2.56. The number of ether oxygens (including phenoxy) is 1. The molecule has 1 aromatic heterocycles. The van der Waals surface area contributed by atoms with Gasteiger partial charge in [-0.2, -0.15) is 20.1 Å². The first kappa shape index (κ1) is 14.3. The van der Waals surface area contributed by atoms with Crippen LogP contribution in [0.5, 0.6) is 5.75 Å². The first-order chi connectivity index (χ1) is 9.19. The van der Waals surface area contributed by atoms with E-state index in [0.29, 0.717) is 23.9 Å². The molecule has 1 aromatic carbocycles. The highest BCUT2D eigenvalue weighted by Gasteiger charge is 2.15. The Labute approximate surface area is 119 Å². The van der Waals surface area contributed by atoms with Crippen LogP contribution < -0.4 is 4.74 Å². The van der Waals surface area contributed by atoms with Crippen molar-refractivity contribution in [2.24, 2.45) is 0 Å². The Morgan fingerprint density at radius 3 is 2.42 bits per heavy atom. The standard InChI is InChI=1S/C14H14F2OS2/c1-2-13(19-14(15)16)17-12-5-3-10(4-6-12)11-7-8-18-9-11/h3-9,13-14H,2H2,1H3/t13-/m0/s1. The number of rotatable bonds is 6. The molecule has 0 aliphatic rings. The highest BCUT2D eigenvalue weighted by Crippen LogP contribution is 2.28. The summed E-state index contributed by atoms with van der Waals surface area (Å²) in [5.74, 6) is -1.78. The maximum Gasteiger partial charge on any atom is 0.287 e. The highest BCUT2D eigenvalue weighted by atomic mass is 32.2. The molecule has 0 unspecified atom stereocenters. The van der Waals surface area contributed by atoms with Crippen LogP contribution in [-0.4, -0.2) is 11.2 Å². The largest absolute Gasteiger partial charge is 0.480 e. The topological polar surface area (TPSA) is 9.23 Å². The van der Waals surface area contributed by atoms with Crippen LogP contribution in [0.15, 0.2) is 41.1 Å². The smallest absolute Gasteiger partial charge is 0.287 e. The van der Waals surface area contributed by atoms with Gasteiger partial charge >= 0.3 is 0 Å². The van der Waals surface area contributed by atoms with Crippen molar-refractivity contribution in [3.05, 3.63) is 41.1 Å². The lowest BCUT2D eigenvalue weighted by molar-refractivity contribution is 0.234. The van der Waals surface area contributed by atoms with Gasteiger partial charge in [0, 0.05) is 0 Å². The van der Waals surface area contributed by atoms with E-state index in [1.807, 2.05) is 42.6 Å². The van der Waals surface area contributed by atoms with Gasteiger partial charge in [-0.15, -0.1) is 0 Å². The Balaban J connectivity index is 2.02. The monoisotopic (exact) mass is 300 g/mol. The van der Waals surface area contributed by atoms with E-state index in [9.17, 15) is 8.78 Å². The second-order valence-electron chi connectivity index (χ2n) is 3.89. The second kappa shape index (κ2) is 6.91. The van der Waals surface area contributed by atoms with Gasteiger partial charge in [0.2, 0.25) is 0 Å². The maximum atomic E-state index is 12.3. The number of benzene rings is 1. The molecule has 2 rings (SSSR count). The van der Waals surface area contributed by atoms with Crippen LogP contribution in [0.25, 0.3) is 11.1 Å². The zero-order chi connectivity index (χ0) is 13.7. The lowest BCUT2D eigenvalue weighted by Gasteiger charge is -2.16. The Morgan fingerprint density at radius 2 is 1.89 bits per heavy atom. The zero-order valence-electron chi connectivity index (χ0n) is 10.4. The molecule has 19 heavy (non-hydrogen) atoms. The molecule has 2 aromatic rings. The average molecular weight is 300 g/mol. The molecular weight excluding hydrogens is 286 g/mol. The van der Waals surface area contributed by atoms with E-state index < -0.39 is 11.2 Å². The van der Waals surface area contributed by atoms with Crippen molar-refractivity contribution in [2.45, 2.75) is 24.5 Å². The predicted octanol–water partition coefficient (Wildman–Crippen LogP) is 5.49. The molecule has 0 radical (unpaired) electrons. The Bertz CT molecular complexity index is 483. The average Bonchev–Trinajstić information content (AvgIpc) is 2.92. The van der Waals surface area contributed by atoms with Crippen molar-refractivity contribution < 1.29 is 13.5 Å². The van der Waals surface area contributed by atoms with E-state index in [4.69, 9.17) is 4.74 Å². The Kier molecular flexibility index (Phi) is 5.22. The summed E-state index contributed by atoms with van der Waals surface area (Å²) < 4.78 is 30.1. The van der Waals surface area contributed by atoms with Crippen molar-refractivity contribution >= 4 is 23.1 Å². The summed E-state index contributed by atoms with van der Waals surface area (Å²) in [7, 11) is 0. The maximum absolute atomic E-state index is 12.3. The van der Waals surface area contributed by atoms with Crippen molar-refractivity contribution in [3.8, 4) is 16.9 Å². The summed E-state index contributed by atoms with van der Waals surface area (Å²) in [6.45, 7) is 1.83. The van der Waals surface area contributed by atoms with E-state index in [1.165, 1.54) is 0 Å². The van der Waals surface area contributed by atoms with Gasteiger partial charge in [0.05, 0.1) is 0 Å². The first-order valence-corrected chi connectivity index (χ1v) is 7.80. The zero-order valence-corrected chi connectivity index (χ0v) is 12.0. The molecule has 5 heteroatoms. The first-order valence-electron chi connectivity index (χ1n) is 5.92. The van der Waals surface area contributed by atoms with Crippen LogP contribution in [-0.2, 0) is 0 Å². The molecule has 0 fully saturated rings. The molecule has 102 valence electrons. The summed E-state index contributed by atoms with van der Waals surface area (Å²) >= 11 is 2.18. The molecule has 1 atom stereocenters. The van der Waals surface area contributed by atoms with Gasteiger partial charge in [-0.1, -0.05) is 19.1 Å². The number of halogens is 2. The Hall–Kier alpha value is -1.07. The van der Waals surface area contributed by atoms with Gasteiger partial charge in [0.1, 0.15) is 11.2 Å². The molecular formula is C14H14F2OS2. The molecule has 0 amide bonds. The minimum atomic E-state index is -2.41. The van der Waals surface area contributed by atoms with Crippen LogP contribution in [0, 0.1) is 0 Å². The lowest BCUT2D eigenvalue weighted by Crippen LogP contribution is -2.12. The minimum absolute atomic E-state index is 0.507. The molecule has 0 saturated heterocycles. The highest BCUT2D eigenvalue weighted by molar-refractivity contribution is 8.00. The van der Waals surface area contributed by atoms with Gasteiger partial charge in [-0.05, 0) is 58.3 Å². The van der Waals surface area contributed by atoms with E-state index in [1.54, 1.807) is 11.3 Å². The summed E-state index contributed by atoms with van der Waals surface area (Å²) in [6, 6.07) is 9.57. The third kappa shape index (κ3) is 4.21. The molecule has 0 bridgehead atoms. The second-order valence-corrected chi connectivity index (χ2v) is 5.82. The fourth-order valence-corrected chi connectivity index (χ4v) is 2.88. The van der Waals surface area contributed by atoms with Gasteiger partial charge < -0.3 is 4.74 Å².